The van der Waals surface area contributed by atoms with E-state index in [1.165, 1.54) is 16.0 Å². The Labute approximate surface area is 132 Å². The Balaban J connectivity index is 1.98. The third kappa shape index (κ3) is 4.90. The van der Waals surface area contributed by atoms with Gasteiger partial charge in [-0.15, -0.1) is 11.8 Å². The third-order valence-electron chi connectivity index (χ3n) is 3.73. The van der Waals surface area contributed by atoms with E-state index in [0.717, 1.165) is 18.4 Å². The first-order chi connectivity index (χ1) is 10.1. The molecule has 0 aliphatic heterocycles. The van der Waals surface area contributed by atoms with Gasteiger partial charge in [-0.2, -0.15) is 0 Å². The molecule has 2 aromatic carbocycles. The Bertz CT molecular complexity index is 545. The third-order valence-corrected chi connectivity index (χ3v) is 5.13. The van der Waals surface area contributed by atoms with Crippen LogP contribution in [0.2, 0.25) is 0 Å². The average Bonchev–Trinajstić information content (AvgIpc) is 2.49. The average molecular weight is 300 g/mol. The van der Waals surface area contributed by atoms with Crippen LogP contribution >= 0.6 is 11.8 Å². The van der Waals surface area contributed by atoms with Crippen molar-refractivity contribution in [3.05, 3.63) is 65.2 Å². The van der Waals surface area contributed by atoms with Gasteiger partial charge < -0.3 is 5.11 Å². The van der Waals surface area contributed by atoms with E-state index in [4.69, 9.17) is 0 Å². The fourth-order valence-corrected chi connectivity index (χ4v) is 3.40. The summed E-state index contributed by atoms with van der Waals surface area (Å²) in [6.07, 6.45) is 1.47. The first kappa shape index (κ1) is 16.1. The summed E-state index contributed by atoms with van der Waals surface area (Å²) in [5, 5.41) is 10.9. The molecule has 21 heavy (non-hydrogen) atoms. The SMILES string of the molecule is CCC(CC(O)c1ccc(C)cc1)Sc1ccc(C)cc1. The van der Waals surface area contributed by atoms with E-state index in [1.807, 2.05) is 23.9 Å². The zero-order valence-corrected chi connectivity index (χ0v) is 13.9. The van der Waals surface area contributed by atoms with Gasteiger partial charge in [0.2, 0.25) is 0 Å². The van der Waals surface area contributed by atoms with Gasteiger partial charge in [-0.3, -0.25) is 0 Å². The van der Waals surface area contributed by atoms with Gasteiger partial charge in [0.05, 0.1) is 6.10 Å². The molecule has 2 unspecified atom stereocenters. The smallest absolute Gasteiger partial charge is 0.0800 e. The highest BCUT2D eigenvalue weighted by atomic mass is 32.2. The number of benzene rings is 2. The molecule has 0 bridgehead atoms. The molecule has 0 saturated heterocycles. The van der Waals surface area contributed by atoms with Crippen LogP contribution in [0, 0.1) is 13.8 Å². The highest BCUT2D eigenvalue weighted by molar-refractivity contribution is 8.00. The van der Waals surface area contributed by atoms with E-state index < -0.39 is 0 Å². The minimum absolute atomic E-state index is 0.381. The normalized spacial score (nSPS) is 13.9. The summed E-state index contributed by atoms with van der Waals surface area (Å²) >= 11 is 1.86. The molecule has 0 aliphatic rings. The van der Waals surface area contributed by atoms with E-state index in [9.17, 15) is 5.11 Å². The van der Waals surface area contributed by atoms with Crippen LogP contribution in [0.4, 0.5) is 0 Å². The molecular weight excluding hydrogens is 276 g/mol. The predicted molar refractivity (Wildman–Crippen MR) is 91.9 cm³/mol. The van der Waals surface area contributed by atoms with Crippen LogP contribution in [0.25, 0.3) is 0 Å². The van der Waals surface area contributed by atoms with Gasteiger partial charge in [0, 0.05) is 10.1 Å². The van der Waals surface area contributed by atoms with Crippen molar-refractivity contribution in [2.75, 3.05) is 0 Å². The quantitative estimate of drug-likeness (QED) is 0.731. The summed E-state index contributed by atoms with van der Waals surface area (Å²) in [6, 6.07) is 16.8. The monoisotopic (exact) mass is 300 g/mol. The number of aliphatic hydroxyl groups excluding tert-OH is 1. The van der Waals surface area contributed by atoms with E-state index >= 15 is 0 Å². The van der Waals surface area contributed by atoms with E-state index in [-0.39, 0.29) is 6.10 Å². The zero-order chi connectivity index (χ0) is 15.2. The van der Waals surface area contributed by atoms with Crippen molar-refractivity contribution >= 4 is 11.8 Å². The minimum atomic E-state index is -0.381. The van der Waals surface area contributed by atoms with Crippen molar-refractivity contribution in [3.63, 3.8) is 0 Å². The molecule has 0 spiro atoms. The van der Waals surface area contributed by atoms with Crippen LogP contribution < -0.4 is 0 Å². The summed E-state index contributed by atoms with van der Waals surface area (Å²) < 4.78 is 0. The first-order valence-corrected chi connectivity index (χ1v) is 8.44. The van der Waals surface area contributed by atoms with E-state index in [2.05, 4.69) is 57.2 Å². The Morgan fingerprint density at radius 2 is 1.43 bits per heavy atom. The summed E-state index contributed by atoms with van der Waals surface area (Å²) in [5.41, 5.74) is 3.53. The van der Waals surface area contributed by atoms with Crippen molar-refractivity contribution in [1.82, 2.24) is 0 Å². The molecule has 112 valence electrons. The number of rotatable bonds is 6. The van der Waals surface area contributed by atoms with Crippen LogP contribution in [-0.2, 0) is 0 Å². The summed E-state index contributed by atoms with van der Waals surface area (Å²) in [5.74, 6) is 0. The minimum Gasteiger partial charge on any atom is -0.388 e. The molecular formula is C19H24OS. The number of thioether (sulfide) groups is 1. The number of hydrogen-bond acceptors (Lipinski definition) is 2. The van der Waals surface area contributed by atoms with Gasteiger partial charge in [0.25, 0.3) is 0 Å². The maximum atomic E-state index is 10.4. The van der Waals surface area contributed by atoms with Crippen molar-refractivity contribution in [1.29, 1.82) is 0 Å². The van der Waals surface area contributed by atoms with Crippen LogP contribution in [0.15, 0.2) is 53.4 Å². The predicted octanol–water partition coefficient (Wildman–Crippen LogP) is 5.30. The summed E-state index contributed by atoms with van der Waals surface area (Å²) in [4.78, 5) is 1.28. The van der Waals surface area contributed by atoms with Gasteiger partial charge in [-0.25, -0.2) is 0 Å². The van der Waals surface area contributed by atoms with Gasteiger partial charge in [0.1, 0.15) is 0 Å². The molecule has 0 heterocycles. The lowest BCUT2D eigenvalue weighted by Crippen LogP contribution is -2.08. The van der Waals surface area contributed by atoms with Gasteiger partial charge in [-0.1, -0.05) is 54.4 Å². The van der Waals surface area contributed by atoms with Gasteiger partial charge in [-0.05, 0) is 44.4 Å². The van der Waals surface area contributed by atoms with Crippen molar-refractivity contribution in [3.8, 4) is 0 Å². The largest absolute Gasteiger partial charge is 0.388 e. The molecule has 0 aromatic heterocycles. The second-order valence-corrected chi connectivity index (χ2v) is 7.00. The first-order valence-electron chi connectivity index (χ1n) is 7.56. The number of aryl methyl sites for hydroxylation is 2. The van der Waals surface area contributed by atoms with Crippen LogP contribution in [0.1, 0.15) is 42.6 Å². The molecule has 2 aromatic rings. The molecule has 0 radical (unpaired) electrons. The molecule has 0 fully saturated rings. The number of aliphatic hydroxyl groups is 1. The molecule has 0 aliphatic carbocycles. The zero-order valence-electron chi connectivity index (χ0n) is 13.0. The fraction of sp³-hybridized carbons (Fsp3) is 0.368. The molecule has 2 rings (SSSR count). The highest BCUT2D eigenvalue weighted by Crippen LogP contribution is 2.32. The molecule has 1 nitrogen and oxygen atoms in total. The molecule has 0 amide bonds. The van der Waals surface area contributed by atoms with E-state index in [1.54, 1.807) is 0 Å². The highest BCUT2D eigenvalue weighted by Gasteiger charge is 2.15. The second kappa shape index (κ2) is 7.67. The van der Waals surface area contributed by atoms with Gasteiger partial charge >= 0.3 is 0 Å². The maximum absolute atomic E-state index is 10.4. The van der Waals surface area contributed by atoms with Crippen LogP contribution in [-0.4, -0.2) is 10.4 Å². The summed E-state index contributed by atoms with van der Waals surface area (Å²) in [6.45, 7) is 6.36. The van der Waals surface area contributed by atoms with Crippen LogP contribution in [0.5, 0.6) is 0 Å². The lowest BCUT2D eigenvalue weighted by atomic mass is 10.0. The molecule has 2 atom stereocenters. The molecule has 2 heteroatoms. The fourth-order valence-electron chi connectivity index (χ4n) is 2.28. The topological polar surface area (TPSA) is 20.2 Å². The molecule has 0 saturated carbocycles. The number of hydrogen-bond donors (Lipinski definition) is 1. The van der Waals surface area contributed by atoms with Crippen LogP contribution in [0.3, 0.4) is 0 Å². The van der Waals surface area contributed by atoms with Crippen molar-refractivity contribution < 1.29 is 5.11 Å². The van der Waals surface area contributed by atoms with Crippen molar-refractivity contribution in [2.24, 2.45) is 0 Å². The van der Waals surface area contributed by atoms with E-state index in [0.29, 0.717) is 5.25 Å². The second-order valence-electron chi connectivity index (χ2n) is 5.62. The maximum Gasteiger partial charge on any atom is 0.0800 e. The molecule has 1 N–H and O–H groups in total. The lowest BCUT2D eigenvalue weighted by molar-refractivity contribution is 0.166. The lowest BCUT2D eigenvalue weighted by Gasteiger charge is -2.19. The Morgan fingerprint density at radius 1 is 0.905 bits per heavy atom. The Hall–Kier alpha value is -1.25. The Kier molecular flexibility index (Phi) is 5.89. The van der Waals surface area contributed by atoms with Crippen molar-refractivity contribution in [2.45, 2.75) is 49.9 Å². The Morgan fingerprint density at radius 3 is 1.95 bits per heavy atom. The standard InChI is InChI=1S/C19H24OS/c1-4-17(21-18-11-7-15(3)8-12-18)13-19(20)16-9-5-14(2)6-10-16/h5-12,17,19-20H,4,13H2,1-3H3. The summed E-state index contributed by atoms with van der Waals surface area (Å²) in [7, 11) is 0. The van der Waals surface area contributed by atoms with Gasteiger partial charge in [0.15, 0.2) is 0 Å².